The van der Waals surface area contributed by atoms with Crippen molar-refractivity contribution in [2.24, 2.45) is 0 Å². The number of rotatable bonds is 15. The van der Waals surface area contributed by atoms with Crippen LogP contribution < -0.4 is 0 Å². The molecule has 0 heterocycles. The summed E-state index contributed by atoms with van der Waals surface area (Å²) in [7, 11) is -3.90. The SMILES string of the molecule is CCCCCCCCC(CCC)S(=O)(=O)OC(C(=O)c1ccccc1)c1ccccc1. The molecule has 2 unspecified atom stereocenters. The quantitative estimate of drug-likeness (QED) is 0.171. The Hall–Kier alpha value is -1.98. The van der Waals surface area contributed by atoms with Crippen molar-refractivity contribution in [2.75, 3.05) is 0 Å². The van der Waals surface area contributed by atoms with E-state index < -0.39 is 21.5 Å². The number of Topliss-reactive ketones (excluding diaryl/α,β-unsaturated/α-hetero) is 1. The Morgan fingerprint density at radius 3 is 1.97 bits per heavy atom. The topological polar surface area (TPSA) is 60.4 Å². The largest absolute Gasteiger partial charge is 0.291 e. The molecule has 4 nitrogen and oxygen atoms in total. The normalized spacial score (nSPS) is 13.6. The lowest BCUT2D eigenvalue weighted by Gasteiger charge is -2.22. The van der Waals surface area contributed by atoms with Gasteiger partial charge in [0, 0.05) is 5.56 Å². The van der Waals surface area contributed by atoms with E-state index in [0.29, 0.717) is 24.0 Å². The summed E-state index contributed by atoms with van der Waals surface area (Å²) in [6.45, 7) is 4.16. The van der Waals surface area contributed by atoms with Gasteiger partial charge in [-0.1, -0.05) is 119 Å². The van der Waals surface area contributed by atoms with Gasteiger partial charge in [-0.25, -0.2) is 0 Å². The van der Waals surface area contributed by atoms with Gasteiger partial charge < -0.3 is 0 Å². The van der Waals surface area contributed by atoms with Crippen LogP contribution in [0, 0.1) is 0 Å². The molecule has 2 aromatic carbocycles. The van der Waals surface area contributed by atoms with Crippen molar-refractivity contribution >= 4 is 15.9 Å². The van der Waals surface area contributed by atoms with Crippen molar-refractivity contribution in [3.8, 4) is 0 Å². The number of ketones is 1. The summed E-state index contributed by atoms with van der Waals surface area (Å²) in [6, 6.07) is 17.6. The van der Waals surface area contributed by atoms with Crippen LogP contribution in [0.5, 0.6) is 0 Å². The zero-order chi connectivity index (χ0) is 22.5. The Balaban J connectivity index is 2.16. The molecule has 31 heavy (non-hydrogen) atoms. The Bertz CT molecular complexity index is 863. The van der Waals surface area contributed by atoms with E-state index in [-0.39, 0.29) is 5.78 Å². The van der Waals surface area contributed by atoms with Crippen molar-refractivity contribution in [3.63, 3.8) is 0 Å². The molecule has 5 heteroatoms. The van der Waals surface area contributed by atoms with Gasteiger partial charge in [-0.05, 0) is 18.4 Å². The van der Waals surface area contributed by atoms with Crippen LogP contribution in [0.4, 0.5) is 0 Å². The van der Waals surface area contributed by atoms with Gasteiger partial charge in [0.2, 0.25) is 0 Å². The van der Waals surface area contributed by atoms with Gasteiger partial charge in [-0.15, -0.1) is 0 Å². The molecule has 0 aromatic heterocycles. The molecule has 0 aliphatic heterocycles. The van der Waals surface area contributed by atoms with Gasteiger partial charge in [0.15, 0.2) is 11.9 Å². The smallest absolute Gasteiger partial charge is 0.271 e. The standard InChI is InChI=1S/C26H36O4S/c1-3-5-6-7-8-15-21-24(16-4-2)31(28,29)30-26(23-19-13-10-14-20-23)25(27)22-17-11-9-12-18-22/h9-14,17-20,24,26H,3-8,15-16,21H2,1-2H3. The molecule has 0 N–H and O–H groups in total. The predicted molar refractivity (Wildman–Crippen MR) is 127 cm³/mol. The minimum atomic E-state index is -3.90. The van der Waals surface area contributed by atoms with Crippen LogP contribution in [0.25, 0.3) is 0 Å². The summed E-state index contributed by atoms with van der Waals surface area (Å²) in [5.74, 6) is -0.342. The van der Waals surface area contributed by atoms with Crippen LogP contribution in [0.15, 0.2) is 60.7 Å². The van der Waals surface area contributed by atoms with E-state index in [2.05, 4.69) is 6.92 Å². The highest BCUT2D eigenvalue weighted by molar-refractivity contribution is 7.87. The lowest BCUT2D eigenvalue weighted by atomic mass is 10.0. The molecule has 2 aromatic rings. The summed E-state index contributed by atoms with van der Waals surface area (Å²) in [5.41, 5.74) is 0.990. The fraction of sp³-hybridized carbons (Fsp3) is 0.500. The van der Waals surface area contributed by atoms with Crippen molar-refractivity contribution in [2.45, 2.75) is 83.0 Å². The minimum absolute atomic E-state index is 0.342. The second kappa shape index (κ2) is 13.4. The third kappa shape index (κ3) is 8.23. The fourth-order valence-corrected chi connectivity index (χ4v) is 5.36. The number of carbonyl (C=O) groups excluding carboxylic acids is 1. The molecule has 0 spiro atoms. The molecule has 0 bridgehead atoms. The van der Waals surface area contributed by atoms with E-state index in [1.165, 1.54) is 19.3 Å². The van der Waals surface area contributed by atoms with E-state index in [1.54, 1.807) is 48.5 Å². The van der Waals surface area contributed by atoms with Crippen LogP contribution >= 0.6 is 0 Å². The first-order valence-electron chi connectivity index (χ1n) is 11.6. The second-order valence-electron chi connectivity index (χ2n) is 8.08. The first-order valence-corrected chi connectivity index (χ1v) is 13.0. The van der Waals surface area contributed by atoms with Crippen molar-refractivity contribution in [3.05, 3.63) is 71.8 Å². The first-order chi connectivity index (χ1) is 15.0. The van der Waals surface area contributed by atoms with Gasteiger partial charge in [0.05, 0.1) is 5.25 Å². The molecule has 0 fully saturated rings. The molecular formula is C26H36O4S. The maximum Gasteiger partial charge on any atom is 0.271 e. The van der Waals surface area contributed by atoms with Crippen LogP contribution in [0.3, 0.4) is 0 Å². The van der Waals surface area contributed by atoms with Crippen LogP contribution in [0.2, 0.25) is 0 Å². The second-order valence-corrected chi connectivity index (χ2v) is 9.92. The number of carbonyl (C=O) groups is 1. The molecule has 0 saturated carbocycles. The molecular weight excluding hydrogens is 408 g/mol. The summed E-state index contributed by atoms with van der Waals surface area (Å²) in [5, 5.41) is -0.585. The number of unbranched alkanes of at least 4 members (excludes halogenated alkanes) is 5. The van der Waals surface area contributed by atoms with Gasteiger partial charge in [-0.2, -0.15) is 8.42 Å². The highest BCUT2D eigenvalue weighted by atomic mass is 32.2. The third-order valence-electron chi connectivity index (χ3n) is 5.53. The molecule has 170 valence electrons. The maximum absolute atomic E-state index is 13.2. The maximum atomic E-state index is 13.2. The van der Waals surface area contributed by atoms with Crippen molar-refractivity contribution < 1.29 is 17.4 Å². The molecule has 0 amide bonds. The van der Waals surface area contributed by atoms with E-state index in [9.17, 15) is 13.2 Å². The molecule has 2 atom stereocenters. The Labute approximate surface area is 188 Å². The van der Waals surface area contributed by atoms with Gasteiger partial charge in [0.25, 0.3) is 10.1 Å². The van der Waals surface area contributed by atoms with Gasteiger partial charge >= 0.3 is 0 Å². The summed E-state index contributed by atoms with van der Waals surface area (Å²) in [4.78, 5) is 13.2. The molecule has 0 radical (unpaired) electrons. The van der Waals surface area contributed by atoms with E-state index in [1.807, 2.05) is 19.1 Å². The minimum Gasteiger partial charge on any atom is -0.291 e. The molecule has 0 saturated heterocycles. The van der Waals surface area contributed by atoms with Crippen LogP contribution in [-0.2, 0) is 14.3 Å². The van der Waals surface area contributed by atoms with Crippen LogP contribution in [-0.4, -0.2) is 19.5 Å². The lowest BCUT2D eigenvalue weighted by molar-refractivity contribution is 0.0798. The molecule has 0 aliphatic carbocycles. The zero-order valence-corrected chi connectivity index (χ0v) is 19.6. The zero-order valence-electron chi connectivity index (χ0n) is 18.8. The monoisotopic (exact) mass is 444 g/mol. The lowest BCUT2D eigenvalue weighted by Crippen LogP contribution is -2.28. The van der Waals surface area contributed by atoms with E-state index in [0.717, 1.165) is 25.7 Å². The summed E-state index contributed by atoms with van der Waals surface area (Å²) >= 11 is 0. The third-order valence-corrected chi connectivity index (χ3v) is 7.28. The highest BCUT2D eigenvalue weighted by Crippen LogP contribution is 2.28. The number of benzene rings is 2. The van der Waals surface area contributed by atoms with E-state index >= 15 is 0 Å². The van der Waals surface area contributed by atoms with E-state index in [4.69, 9.17) is 4.18 Å². The van der Waals surface area contributed by atoms with Crippen molar-refractivity contribution in [1.82, 2.24) is 0 Å². The number of hydrogen-bond donors (Lipinski definition) is 0. The Morgan fingerprint density at radius 1 is 0.774 bits per heavy atom. The van der Waals surface area contributed by atoms with Crippen LogP contribution in [0.1, 0.15) is 93.7 Å². The average Bonchev–Trinajstić information content (AvgIpc) is 2.79. The molecule has 0 aliphatic rings. The predicted octanol–water partition coefficient (Wildman–Crippen LogP) is 6.88. The Kier molecular flexibility index (Phi) is 11.0. The summed E-state index contributed by atoms with van der Waals surface area (Å²) < 4.78 is 32.1. The summed E-state index contributed by atoms with van der Waals surface area (Å²) in [6.07, 6.45) is 7.33. The first kappa shape index (κ1) is 25.3. The number of hydrogen-bond acceptors (Lipinski definition) is 4. The van der Waals surface area contributed by atoms with Gasteiger partial charge in [-0.3, -0.25) is 8.98 Å². The van der Waals surface area contributed by atoms with Crippen molar-refractivity contribution in [1.29, 1.82) is 0 Å². The van der Waals surface area contributed by atoms with Gasteiger partial charge in [0.1, 0.15) is 0 Å². The fourth-order valence-electron chi connectivity index (χ4n) is 3.75. The Morgan fingerprint density at radius 2 is 1.35 bits per heavy atom. The molecule has 2 rings (SSSR count). The highest BCUT2D eigenvalue weighted by Gasteiger charge is 2.33. The average molecular weight is 445 g/mol.